The van der Waals surface area contributed by atoms with E-state index in [9.17, 15) is 4.79 Å². The molecule has 1 rings (SSSR count). The molecule has 0 aromatic heterocycles. The van der Waals surface area contributed by atoms with Gasteiger partial charge in [-0.25, -0.2) is 4.79 Å². The van der Waals surface area contributed by atoms with Crippen molar-refractivity contribution in [3.05, 3.63) is 12.2 Å². The molecule has 1 aliphatic heterocycles. The van der Waals surface area contributed by atoms with Crippen LogP contribution in [0.15, 0.2) is 12.2 Å². The minimum atomic E-state index is -0.407. The summed E-state index contributed by atoms with van der Waals surface area (Å²) in [4.78, 5) is 10.8. The SMILES string of the molecule is C1CO1.C=C(C)C(=O)OC(C)(C)C. The highest BCUT2D eigenvalue weighted by atomic mass is 16.6. The fourth-order valence-corrected chi connectivity index (χ4v) is 0.365. The van der Waals surface area contributed by atoms with Gasteiger partial charge in [0.1, 0.15) is 5.60 Å². The Kier molecular flexibility index (Phi) is 4.70. The van der Waals surface area contributed by atoms with Crippen LogP contribution in [0, 0.1) is 0 Å². The first kappa shape index (κ1) is 12.2. The van der Waals surface area contributed by atoms with Crippen LogP contribution in [0.2, 0.25) is 0 Å². The molecule has 3 heteroatoms. The maximum absolute atomic E-state index is 10.8. The highest BCUT2D eigenvalue weighted by Gasteiger charge is 2.15. The Bertz CT molecular complexity index is 184. The van der Waals surface area contributed by atoms with Gasteiger partial charge in [0.05, 0.1) is 13.2 Å². The first-order chi connectivity index (χ1) is 5.83. The topological polar surface area (TPSA) is 38.8 Å². The van der Waals surface area contributed by atoms with Crippen molar-refractivity contribution in [1.29, 1.82) is 0 Å². The molecule has 0 spiro atoms. The number of epoxide rings is 1. The third-order valence-electron chi connectivity index (χ3n) is 0.951. The summed E-state index contributed by atoms with van der Waals surface area (Å²) < 4.78 is 9.46. The highest BCUT2D eigenvalue weighted by molar-refractivity contribution is 5.87. The molecule has 0 N–H and O–H groups in total. The van der Waals surface area contributed by atoms with Crippen LogP contribution in [-0.2, 0) is 14.3 Å². The molecule has 0 saturated carbocycles. The van der Waals surface area contributed by atoms with Crippen LogP contribution in [0.5, 0.6) is 0 Å². The lowest BCUT2D eigenvalue weighted by Gasteiger charge is -2.19. The van der Waals surface area contributed by atoms with Crippen molar-refractivity contribution >= 4 is 5.97 Å². The van der Waals surface area contributed by atoms with Crippen LogP contribution >= 0.6 is 0 Å². The summed E-state index contributed by atoms with van der Waals surface area (Å²) in [5, 5.41) is 0. The predicted molar refractivity (Wildman–Crippen MR) is 51.5 cm³/mol. The monoisotopic (exact) mass is 186 g/mol. The zero-order valence-electron chi connectivity index (χ0n) is 8.85. The molecule has 0 atom stereocenters. The standard InChI is InChI=1S/C8H14O2.C2H4O/c1-6(2)7(9)10-8(3,4)5;1-2-3-1/h1H2,2-5H3;1-2H2. The smallest absolute Gasteiger partial charge is 0.333 e. The normalized spacial score (nSPS) is 13.8. The first-order valence-corrected chi connectivity index (χ1v) is 4.29. The van der Waals surface area contributed by atoms with E-state index < -0.39 is 5.60 Å². The maximum atomic E-state index is 10.8. The zero-order valence-corrected chi connectivity index (χ0v) is 8.85. The van der Waals surface area contributed by atoms with E-state index in [1.807, 2.05) is 20.8 Å². The molecular formula is C10H18O3. The number of esters is 1. The molecule has 0 aromatic rings. The molecule has 1 fully saturated rings. The Labute approximate surface area is 79.7 Å². The second-order valence-electron chi connectivity index (χ2n) is 3.89. The third kappa shape index (κ3) is 11.2. The van der Waals surface area contributed by atoms with Crippen LogP contribution in [0.3, 0.4) is 0 Å². The summed E-state index contributed by atoms with van der Waals surface area (Å²) >= 11 is 0. The number of ether oxygens (including phenoxy) is 2. The average molecular weight is 186 g/mol. The number of carbonyl (C=O) groups is 1. The van der Waals surface area contributed by atoms with E-state index >= 15 is 0 Å². The van der Waals surface area contributed by atoms with E-state index in [2.05, 4.69) is 11.3 Å². The van der Waals surface area contributed by atoms with Crippen molar-refractivity contribution in [3.8, 4) is 0 Å². The Balaban J connectivity index is 0.000000396. The molecule has 13 heavy (non-hydrogen) atoms. The van der Waals surface area contributed by atoms with E-state index in [4.69, 9.17) is 4.74 Å². The molecule has 0 radical (unpaired) electrons. The van der Waals surface area contributed by atoms with E-state index in [1.54, 1.807) is 6.92 Å². The largest absolute Gasteiger partial charge is 0.457 e. The van der Waals surface area contributed by atoms with Gasteiger partial charge in [-0.1, -0.05) is 6.58 Å². The van der Waals surface area contributed by atoms with E-state index in [0.717, 1.165) is 13.2 Å². The van der Waals surface area contributed by atoms with E-state index in [-0.39, 0.29) is 5.97 Å². The molecular weight excluding hydrogens is 168 g/mol. The van der Waals surface area contributed by atoms with E-state index in [0.29, 0.717) is 5.57 Å². The molecule has 0 amide bonds. The number of rotatable bonds is 1. The summed E-state index contributed by atoms with van der Waals surface area (Å²) in [6.07, 6.45) is 0. The van der Waals surface area contributed by atoms with Crippen LogP contribution in [0.1, 0.15) is 27.7 Å². The highest BCUT2D eigenvalue weighted by Crippen LogP contribution is 2.09. The van der Waals surface area contributed by atoms with Gasteiger partial charge in [0.2, 0.25) is 0 Å². The second-order valence-corrected chi connectivity index (χ2v) is 3.89. The fourth-order valence-electron chi connectivity index (χ4n) is 0.365. The molecule has 0 aliphatic carbocycles. The summed E-state index contributed by atoms with van der Waals surface area (Å²) in [5.41, 5.74) is 0.0330. The lowest BCUT2D eigenvalue weighted by atomic mass is 10.2. The predicted octanol–water partition coefficient (Wildman–Crippen LogP) is 1.92. The van der Waals surface area contributed by atoms with Crippen molar-refractivity contribution < 1.29 is 14.3 Å². The van der Waals surface area contributed by atoms with Crippen molar-refractivity contribution in [2.75, 3.05) is 13.2 Å². The Hall–Kier alpha value is -0.830. The summed E-state index contributed by atoms with van der Waals surface area (Å²) in [6.45, 7) is 12.6. The molecule has 0 aromatic carbocycles. The lowest BCUT2D eigenvalue weighted by molar-refractivity contribution is -0.149. The van der Waals surface area contributed by atoms with Crippen LogP contribution in [-0.4, -0.2) is 24.8 Å². The Morgan fingerprint density at radius 1 is 1.38 bits per heavy atom. The van der Waals surface area contributed by atoms with Gasteiger partial charge in [-0.3, -0.25) is 0 Å². The van der Waals surface area contributed by atoms with Gasteiger partial charge in [-0.15, -0.1) is 0 Å². The zero-order chi connectivity index (χ0) is 10.5. The minimum absolute atomic E-state index is 0.326. The molecule has 3 nitrogen and oxygen atoms in total. The number of carbonyl (C=O) groups excluding carboxylic acids is 1. The van der Waals surface area contributed by atoms with Gasteiger partial charge in [-0.2, -0.15) is 0 Å². The first-order valence-electron chi connectivity index (χ1n) is 4.29. The summed E-state index contributed by atoms with van der Waals surface area (Å²) in [7, 11) is 0. The summed E-state index contributed by atoms with van der Waals surface area (Å²) in [5.74, 6) is -0.326. The quantitative estimate of drug-likeness (QED) is 0.357. The lowest BCUT2D eigenvalue weighted by Crippen LogP contribution is -2.23. The van der Waals surface area contributed by atoms with Gasteiger partial charge >= 0.3 is 5.97 Å². The van der Waals surface area contributed by atoms with Gasteiger partial charge in [-0.05, 0) is 27.7 Å². The fraction of sp³-hybridized carbons (Fsp3) is 0.700. The molecule has 0 bridgehead atoms. The van der Waals surface area contributed by atoms with Gasteiger partial charge in [0.15, 0.2) is 0 Å². The van der Waals surface area contributed by atoms with Gasteiger partial charge in [0.25, 0.3) is 0 Å². The molecule has 1 saturated heterocycles. The molecule has 76 valence electrons. The van der Waals surface area contributed by atoms with Crippen LogP contribution in [0.4, 0.5) is 0 Å². The average Bonchev–Trinajstić information content (AvgIpc) is 2.66. The van der Waals surface area contributed by atoms with Gasteiger partial charge in [0, 0.05) is 5.57 Å². The van der Waals surface area contributed by atoms with Crippen LogP contribution in [0.25, 0.3) is 0 Å². The van der Waals surface area contributed by atoms with Crippen molar-refractivity contribution in [1.82, 2.24) is 0 Å². The minimum Gasteiger partial charge on any atom is -0.457 e. The Morgan fingerprint density at radius 2 is 1.77 bits per heavy atom. The maximum Gasteiger partial charge on any atom is 0.333 e. The van der Waals surface area contributed by atoms with Crippen molar-refractivity contribution in [2.24, 2.45) is 0 Å². The molecule has 0 unspecified atom stereocenters. The number of hydrogen-bond acceptors (Lipinski definition) is 3. The number of hydrogen-bond donors (Lipinski definition) is 0. The van der Waals surface area contributed by atoms with Gasteiger partial charge < -0.3 is 9.47 Å². The molecule has 1 aliphatic rings. The second kappa shape index (κ2) is 5.02. The van der Waals surface area contributed by atoms with E-state index in [1.165, 1.54) is 0 Å². The summed E-state index contributed by atoms with van der Waals surface area (Å²) in [6, 6.07) is 0. The Morgan fingerprint density at radius 3 is 1.85 bits per heavy atom. The van der Waals surface area contributed by atoms with Crippen molar-refractivity contribution in [2.45, 2.75) is 33.3 Å². The van der Waals surface area contributed by atoms with Crippen LogP contribution < -0.4 is 0 Å². The van der Waals surface area contributed by atoms with Crippen molar-refractivity contribution in [3.63, 3.8) is 0 Å². The molecule has 1 heterocycles. The third-order valence-corrected chi connectivity index (χ3v) is 0.951.